The average molecular weight is 402 g/mol. The van der Waals surface area contributed by atoms with Crippen LogP contribution >= 0.6 is 0 Å². The third-order valence-corrected chi connectivity index (χ3v) is 4.33. The molecule has 2 aromatic carbocycles. The number of fused-ring (bicyclic) bond motifs is 1. The summed E-state index contributed by atoms with van der Waals surface area (Å²) in [6, 6.07) is 10.5. The lowest BCUT2D eigenvalue weighted by Crippen LogP contribution is -2.44. The Bertz CT molecular complexity index is 872. The molecule has 1 atom stereocenters. The molecule has 0 spiro atoms. The molecule has 1 N–H and O–H groups in total. The third kappa shape index (κ3) is 5.37. The van der Waals surface area contributed by atoms with Crippen LogP contribution in [-0.4, -0.2) is 49.1 Å². The number of hydrogen-bond donors (Lipinski definition) is 1. The van der Waals surface area contributed by atoms with Crippen LogP contribution in [0, 0.1) is 5.82 Å². The van der Waals surface area contributed by atoms with Crippen LogP contribution in [-0.2, 0) is 9.59 Å². The van der Waals surface area contributed by atoms with Gasteiger partial charge in [0.25, 0.3) is 5.91 Å². The van der Waals surface area contributed by atoms with Gasteiger partial charge < -0.3 is 24.4 Å². The topological polar surface area (TPSA) is 77.1 Å². The fraction of sp³-hybridized carbons (Fsp3) is 0.333. The maximum atomic E-state index is 13.0. The lowest BCUT2D eigenvalue weighted by Gasteiger charge is -2.24. The van der Waals surface area contributed by atoms with Crippen LogP contribution in [0.15, 0.2) is 42.5 Å². The van der Waals surface area contributed by atoms with Gasteiger partial charge in [0.2, 0.25) is 5.91 Å². The van der Waals surface area contributed by atoms with E-state index >= 15 is 0 Å². The summed E-state index contributed by atoms with van der Waals surface area (Å²) in [6.07, 6.45) is -0.817. The Morgan fingerprint density at radius 2 is 1.83 bits per heavy atom. The van der Waals surface area contributed by atoms with E-state index in [0.717, 1.165) is 0 Å². The minimum atomic E-state index is -0.817. The second-order valence-electron chi connectivity index (χ2n) is 6.47. The Morgan fingerprint density at radius 3 is 2.52 bits per heavy atom. The predicted octanol–water partition coefficient (Wildman–Crippen LogP) is 2.85. The quantitative estimate of drug-likeness (QED) is 0.771. The molecule has 8 heteroatoms. The van der Waals surface area contributed by atoms with E-state index in [0.29, 0.717) is 42.7 Å². The first kappa shape index (κ1) is 20.4. The second kappa shape index (κ2) is 9.27. The highest BCUT2D eigenvalue weighted by molar-refractivity contribution is 5.95. The van der Waals surface area contributed by atoms with Crippen LogP contribution in [0.3, 0.4) is 0 Å². The molecule has 1 aliphatic heterocycles. The minimum absolute atomic E-state index is 0.124. The first-order valence-electron chi connectivity index (χ1n) is 9.36. The van der Waals surface area contributed by atoms with Crippen molar-refractivity contribution in [2.75, 3.05) is 31.6 Å². The van der Waals surface area contributed by atoms with Crippen molar-refractivity contribution in [2.45, 2.75) is 20.0 Å². The summed E-state index contributed by atoms with van der Waals surface area (Å²) in [4.78, 5) is 26.4. The van der Waals surface area contributed by atoms with Crippen molar-refractivity contribution in [1.29, 1.82) is 0 Å². The number of anilines is 1. The SMILES string of the molecule is CCN(CC(=O)Nc1ccc2c(c1)OCCO2)C(=O)C(C)Oc1ccc(F)cc1. The van der Waals surface area contributed by atoms with Crippen molar-refractivity contribution >= 4 is 17.5 Å². The van der Waals surface area contributed by atoms with Gasteiger partial charge in [-0.25, -0.2) is 4.39 Å². The van der Waals surface area contributed by atoms with Crippen LogP contribution in [0.2, 0.25) is 0 Å². The van der Waals surface area contributed by atoms with E-state index in [2.05, 4.69) is 5.32 Å². The van der Waals surface area contributed by atoms with Gasteiger partial charge in [-0.2, -0.15) is 0 Å². The zero-order chi connectivity index (χ0) is 20.8. The third-order valence-electron chi connectivity index (χ3n) is 4.33. The molecule has 0 saturated heterocycles. The van der Waals surface area contributed by atoms with Gasteiger partial charge >= 0.3 is 0 Å². The second-order valence-corrected chi connectivity index (χ2v) is 6.47. The van der Waals surface area contributed by atoms with Gasteiger partial charge in [0.1, 0.15) is 24.8 Å². The van der Waals surface area contributed by atoms with E-state index < -0.39 is 6.10 Å². The molecule has 0 bridgehead atoms. The Morgan fingerprint density at radius 1 is 1.14 bits per heavy atom. The van der Waals surface area contributed by atoms with Crippen LogP contribution in [0.5, 0.6) is 17.2 Å². The number of hydrogen-bond acceptors (Lipinski definition) is 5. The maximum absolute atomic E-state index is 13.0. The number of halogens is 1. The van der Waals surface area contributed by atoms with Crippen molar-refractivity contribution in [3.63, 3.8) is 0 Å². The number of nitrogens with one attached hydrogen (secondary N) is 1. The summed E-state index contributed by atoms with van der Waals surface area (Å²) in [5, 5.41) is 2.76. The molecular weight excluding hydrogens is 379 g/mol. The highest BCUT2D eigenvalue weighted by Crippen LogP contribution is 2.32. The van der Waals surface area contributed by atoms with Crippen LogP contribution < -0.4 is 19.5 Å². The monoisotopic (exact) mass is 402 g/mol. The molecule has 0 fully saturated rings. The average Bonchev–Trinajstić information content (AvgIpc) is 2.73. The first-order chi connectivity index (χ1) is 14.0. The minimum Gasteiger partial charge on any atom is -0.486 e. The summed E-state index contributed by atoms with van der Waals surface area (Å²) < 4.78 is 29.5. The number of carbonyl (C=O) groups is 2. The maximum Gasteiger partial charge on any atom is 0.263 e. The van der Waals surface area contributed by atoms with Crippen molar-refractivity contribution in [3.8, 4) is 17.2 Å². The zero-order valence-electron chi connectivity index (χ0n) is 16.3. The van der Waals surface area contributed by atoms with Gasteiger partial charge in [0.05, 0.1) is 6.54 Å². The number of benzene rings is 2. The van der Waals surface area contributed by atoms with E-state index in [1.54, 1.807) is 32.0 Å². The Kier molecular flexibility index (Phi) is 6.54. The number of rotatable bonds is 7. The fourth-order valence-corrected chi connectivity index (χ4v) is 2.87. The van der Waals surface area contributed by atoms with Crippen LogP contribution in [0.25, 0.3) is 0 Å². The smallest absolute Gasteiger partial charge is 0.263 e. The van der Waals surface area contributed by atoms with Gasteiger partial charge in [-0.05, 0) is 50.2 Å². The summed E-state index contributed by atoms with van der Waals surface area (Å²) >= 11 is 0. The molecule has 7 nitrogen and oxygen atoms in total. The molecular formula is C21H23FN2O5. The number of carbonyl (C=O) groups excluding carboxylic acids is 2. The molecule has 154 valence electrons. The lowest BCUT2D eigenvalue weighted by atomic mass is 10.2. The molecule has 0 saturated carbocycles. The standard InChI is InChI=1S/C21H23FN2O5/c1-3-24(21(26)14(2)29-17-7-4-15(22)5-8-17)13-20(25)23-16-6-9-18-19(12-16)28-11-10-27-18/h4-9,12,14H,3,10-11,13H2,1-2H3,(H,23,25). The van der Waals surface area contributed by atoms with Gasteiger partial charge in [0.15, 0.2) is 17.6 Å². The molecule has 29 heavy (non-hydrogen) atoms. The number of likely N-dealkylation sites (N-methyl/N-ethyl adjacent to an activating group) is 1. The van der Waals surface area contributed by atoms with Crippen LogP contribution in [0.4, 0.5) is 10.1 Å². The van der Waals surface area contributed by atoms with E-state index in [1.165, 1.54) is 29.2 Å². The Hall–Kier alpha value is -3.29. The fourth-order valence-electron chi connectivity index (χ4n) is 2.87. The first-order valence-corrected chi connectivity index (χ1v) is 9.36. The van der Waals surface area contributed by atoms with E-state index in [9.17, 15) is 14.0 Å². The highest BCUT2D eigenvalue weighted by Gasteiger charge is 2.23. The van der Waals surface area contributed by atoms with Crippen molar-refractivity contribution in [3.05, 3.63) is 48.3 Å². The number of nitrogens with zero attached hydrogens (tertiary/aromatic N) is 1. The van der Waals surface area contributed by atoms with E-state index in [1.807, 2.05) is 0 Å². The van der Waals surface area contributed by atoms with E-state index in [-0.39, 0.29) is 24.2 Å². The van der Waals surface area contributed by atoms with Gasteiger partial charge in [-0.3, -0.25) is 9.59 Å². The normalized spacial score (nSPS) is 13.3. The largest absolute Gasteiger partial charge is 0.486 e. The van der Waals surface area contributed by atoms with Crippen molar-refractivity contribution < 1.29 is 28.2 Å². The molecule has 2 aromatic rings. The summed E-state index contributed by atoms with van der Waals surface area (Å²) in [5.74, 6) is 0.511. The van der Waals surface area contributed by atoms with Gasteiger partial charge in [-0.15, -0.1) is 0 Å². The number of amides is 2. The highest BCUT2D eigenvalue weighted by atomic mass is 19.1. The van der Waals surface area contributed by atoms with Crippen molar-refractivity contribution in [1.82, 2.24) is 4.90 Å². The molecule has 1 heterocycles. The molecule has 1 unspecified atom stereocenters. The number of ether oxygens (including phenoxy) is 3. The molecule has 3 rings (SSSR count). The molecule has 2 amide bonds. The summed E-state index contributed by atoms with van der Waals surface area (Å²) in [7, 11) is 0. The van der Waals surface area contributed by atoms with E-state index in [4.69, 9.17) is 14.2 Å². The molecule has 0 aliphatic carbocycles. The molecule has 0 radical (unpaired) electrons. The Labute approximate surface area is 168 Å². The molecule has 0 aromatic heterocycles. The zero-order valence-corrected chi connectivity index (χ0v) is 16.3. The van der Waals surface area contributed by atoms with Crippen molar-refractivity contribution in [2.24, 2.45) is 0 Å². The predicted molar refractivity (Wildman–Crippen MR) is 105 cm³/mol. The van der Waals surface area contributed by atoms with Crippen LogP contribution in [0.1, 0.15) is 13.8 Å². The lowest BCUT2D eigenvalue weighted by molar-refractivity contribution is -0.140. The van der Waals surface area contributed by atoms with Gasteiger partial charge in [-0.1, -0.05) is 0 Å². The molecule has 1 aliphatic rings. The van der Waals surface area contributed by atoms with Gasteiger partial charge in [0, 0.05) is 18.3 Å². The summed E-state index contributed by atoms with van der Waals surface area (Å²) in [5.41, 5.74) is 0.554. The Balaban J connectivity index is 1.57. The summed E-state index contributed by atoms with van der Waals surface area (Å²) in [6.45, 7) is 4.53.